The van der Waals surface area contributed by atoms with Crippen molar-refractivity contribution >= 4 is 37.5 Å². The van der Waals surface area contributed by atoms with Crippen LogP contribution in [0.25, 0.3) is 0 Å². The molecule has 0 aromatic rings. The van der Waals surface area contributed by atoms with Crippen molar-refractivity contribution in [1.82, 2.24) is 0 Å². The molecule has 0 radical (unpaired) electrons. The normalized spacial score (nSPS) is 11.3. The molecule has 6 nitrogen and oxygen atoms in total. The van der Waals surface area contributed by atoms with Gasteiger partial charge in [0.1, 0.15) is 0 Å². The Hall–Kier alpha value is -0.791. The van der Waals surface area contributed by atoms with Crippen molar-refractivity contribution in [2.75, 3.05) is 0 Å². The molecule has 0 amide bonds. The molecular weight excluding hydrogens is 551 g/mol. The Balaban J connectivity index is 5.29. The van der Waals surface area contributed by atoms with Crippen molar-refractivity contribution in [2.24, 2.45) is 0 Å². The van der Waals surface area contributed by atoms with Crippen molar-refractivity contribution in [3.63, 3.8) is 0 Å². The van der Waals surface area contributed by atoms with Crippen molar-refractivity contribution in [2.45, 2.75) is 161 Å². The van der Waals surface area contributed by atoms with E-state index in [1.807, 2.05) is 0 Å². The summed E-state index contributed by atoms with van der Waals surface area (Å²) in [4.78, 5) is 38.1. The number of carbonyl (C=O) groups excluding carboxylic acids is 3. The molecule has 7 heteroatoms. The van der Waals surface area contributed by atoms with Gasteiger partial charge in [0.2, 0.25) is 0 Å². The Kier molecular flexibility index (Phi) is 23.1. The molecular formula is C28H54O6Sn. The second-order valence-electron chi connectivity index (χ2n) is 9.70. The van der Waals surface area contributed by atoms with E-state index in [-0.39, 0.29) is 19.3 Å². The van der Waals surface area contributed by atoms with Gasteiger partial charge in [-0.05, 0) is 0 Å². The zero-order valence-electron chi connectivity index (χ0n) is 23.3. The van der Waals surface area contributed by atoms with E-state index in [1.165, 1.54) is 32.1 Å². The van der Waals surface area contributed by atoms with Gasteiger partial charge in [-0.25, -0.2) is 0 Å². The Morgan fingerprint density at radius 3 is 1.06 bits per heavy atom. The number of rotatable bonds is 24. The van der Waals surface area contributed by atoms with Gasteiger partial charge in [-0.3, -0.25) is 0 Å². The number of unbranched alkanes of at least 4 members (excludes halogenated alkanes) is 13. The van der Waals surface area contributed by atoms with Crippen molar-refractivity contribution in [3.8, 4) is 0 Å². The topological polar surface area (TPSA) is 78.9 Å². The predicted molar refractivity (Wildman–Crippen MR) is 144 cm³/mol. The Labute approximate surface area is 221 Å². The molecule has 0 rings (SSSR count). The van der Waals surface area contributed by atoms with Crippen LogP contribution in [0.3, 0.4) is 0 Å². The zero-order chi connectivity index (χ0) is 26.2. The first-order chi connectivity index (χ1) is 16.9. The second-order valence-corrected chi connectivity index (χ2v) is 16.8. The van der Waals surface area contributed by atoms with Crippen LogP contribution in [0.5, 0.6) is 0 Å². The Bertz CT molecular complexity index is 492. The third-order valence-electron chi connectivity index (χ3n) is 6.10. The summed E-state index contributed by atoms with van der Waals surface area (Å²) in [5.41, 5.74) is 0. The first-order valence-corrected chi connectivity index (χ1v) is 20.1. The van der Waals surface area contributed by atoms with E-state index in [9.17, 15) is 14.4 Å². The van der Waals surface area contributed by atoms with Gasteiger partial charge in [0, 0.05) is 0 Å². The fourth-order valence-electron chi connectivity index (χ4n) is 3.92. The summed E-state index contributed by atoms with van der Waals surface area (Å²) in [6.45, 7) is 8.44. The van der Waals surface area contributed by atoms with Crippen LogP contribution in [0, 0.1) is 0 Å². The molecule has 0 spiro atoms. The summed E-state index contributed by atoms with van der Waals surface area (Å²) in [5.74, 6) is -1.18. The maximum absolute atomic E-state index is 12.7. The number of carbonyl (C=O) groups is 3. The summed E-state index contributed by atoms with van der Waals surface area (Å²) >= 11 is -4.74. The molecule has 0 heterocycles. The number of hydrogen-bond acceptors (Lipinski definition) is 6. The van der Waals surface area contributed by atoms with E-state index >= 15 is 0 Å². The summed E-state index contributed by atoms with van der Waals surface area (Å²) < 4.78 is 18.0. The van der Waals surface area contributed by atoms with E-state index in [0.29, 0.717) is 4.44 Å². The van der Waals surface area contributed by atoms with Gasteiger partial charge in [0.05, 0.1) is 0 Å². The molecule has 0 aliphatic carbocycles. The van der Waals surface area contributed by atoms with Crippen molar-refractivity contribution in [1.29, 1.82) is 0 Å². The Morgan fingerprint density at radius 2 is 0.714 bits per heavy atom. The average molecular weight is 605 g/mol. The predicted octanol–water partition coefficient (Wildman–Crippen LogP) is 8.44. The van der Waals surface area contributed by atoms with E-state index in [1.54, 1.807) is 0 Å². The summed E-state index contributed by atoms with van der Waals surface area (Å²) in [5, 5.41) is 0. The van der Waals surface area contributed by atoms with Gasteiger partial charge in [0.25, 0.3) is 0 Å². The van der Waals surface area contributed by atoms with Crippen LogP contribution >= 0.6 is 0 Å². The molecule has 0 atom stereocenters. The third-order valence-corrected chi connectivity index (χ3v) is 13.5. The second kappa shape index (κ2) is 23.6. The molecule has 0 unspecified atom stereocenters. The minimum absolute atomic E-state index is 0.269. The summed E-state index contributed by atoms with van der Waals surface area (Å²) in [6, 6.07) is 0. The van der Waals surface area contributed by atoms with Crippen LogP contribution in [0.4, 0.5) is 0 Å². The Morgan fingerprint density at radius 1 is 0.429 bits per heavy atom. The van der Waals surface area contributed by atoms with Gasteiger partial charge in [-0.1, -0.05) is 0 Å². The van der Waals surface area contributed by atoms with Crippen molar-refractivity contribution in [3.05, 3.63) is 0 Å². The van der Waals surface area contributed by atoms with Crippen LogP contribution in [0.2, 0.25) is 4.44 Å². The first kappa shape index (κ1) is 34.2. The van der Waals surface area contributed by atoms with Gasteiger partial charge >= 0.3 is 222 Å². The molecule has 35 heavy (non-hydrogen) atoms. The van der Waals surface area contributed by atoms with Crippen LogP contribution in [-0.2, 0) is 23.6 Å². The first-order valence-electron chi connectivity index (χ1n) is 14.6. The molecule has 0 saturated heterocycles. The van der Waals surface area contributed by atoms with Crippen LogP contribution < -0.4 is 0 Å². The van der Waals surface area contributed by atoms with E-state index in [0.717, 1.165) is 77.0 Å². The monoisotopic (exact) mass is 606 g/mol. The molecule has 0 aliphatic rings. The van der Waals surface area contributed by atoms with Gasteiger partial charge in [-0.15, -0.1) is 0 Å². The SMILES string of the molecule is CCCCCCCCC[CH2][Sn]([O]C(=O)CCCCC)([O]C(=O)CCCCC)[O]C(=O)CCCCC. The molecule has 0 aliphatic heterocycles. The molecule has 0 fully saturated rings. The zero-order valence-corrected chi connectivity index (χ0v) is 26.2. The van der Waals surface area contributed by atoms with Crippen molar-refractivity contribution < 1.29 is 23.6 Å². The van der Waals surface area contributed by atoms with Crippen LogP contribution in [0.1, 0.15) is 156 Å². The quantitative estimate of drug-likeness (QED) is 0.0812. The summed E-state index contributed by atoms with van der Waals surface area (Å²) in [6.07, 6.45) is 17.7. The average Bonchev–Trinajstić information content (AvgIpc) is 2.81. The maximum atomic E-state index is 12.7. The minimum atomic E-state index is -4.74. The molecule has 206 valence electrons. The molecule has 0 aromatic heterocycles. The fraction of sp³-hybridized carbons (Fsp3) is 0.893. The van der Waals surface area contributed by atoms with Crippen LogP contribution in [0.15, 0.2) is 0 Å². The summed E-state index contributed by atoms with van der Waals surface area (Å²) in [7, 11) is 0. The number of hydrogen-bond donors (Lipinski definition) is 0. The van der Waals surface area contributed by atoms with Gasteiger partial charge < -0.3 is 0 Å². The van der Waals surface area contributed by atoms with Gasteiger partial charge in [0.15, 0.2) is 0 Å². The fourth-order valence-corrected chi connectivity index (χ4v) is 10.9. The standard InChI is InChI=1S/C10H21.3C6H12O2.Sn/c1-3-5-7-9-10-8-6-4-2;3*1-2-3-4-5-6(7)8;/h1,3-10H2,2H3;3*2-5H2,1H3,(H,7,8);/q;;;;+3/p-3. The molecule has 0 N–H and O–H groups in total. The third kappa shape index (κ3) is 20.0. The van der Waals surface area contributed by atoms with Gasteiger partial charge in [-0.2, -0.15) is 0 Å². The van der Waals surface area contributed by atoms with Crippen LogP contribution in [-0.4, -0.2) is 37.5 Å². The molecule has 0 bridgehead atoms. The molecule has 0 aromatic carbocycles. The van der Waals surface area contributed by atoms with E-state index in [4.69, 9.17) is 9.22 Å². The molecule has 0 saturated carbocycles. The van der Waals surface area contributed by atoms with E-state index in [2.05, 4.69) is 27.7 Å². The van der Waals surface area contributed by atoms with E-state index < -0.39 is 37.5 Å².